The number of carbonyl (C=O) groups is 6. The van der Waals surface area contributed by atoms with Crippen molar-refractivity contribution in [2.24, 2.45) is 5.41 Å². The third-order valence-corrected chi connectivity index (χ3v) is 13.2. The molecule has 0 aliphatic heterocycles. The fraction of sp³-hybridized carbons (Fsp3) is 0.786. The van der Waals surface area contributed by atoms with Gasteiger partial charge in [-0.25, -0.2) is 33.9 Å². The topological polar surface area (TPSA) is 260 Å². The number of aromatic nitrogens is 2. The van der Waals surface area contributed by atoms with E-state index >= 15 is 0 Å². The maximum absolute atomic E-state index is 12.0. The average Bonchev–Trinajstić information content (AvgIpc) is 4.07. The van der Waals surface area contributed by atoms with Crippen molar-refractivity contribution in [3.05, 3.63) is 36.7 Å². The second-order valence-corrected chi connectivity index (χ2v) is 25.7. The summed E-state index contributed by atoms with van der Waals surface area (Å²) in [6.07, 6.45) is 16.4. The van der Waals surface area contributed by atoms with Crippen LogP contribution in [0.5, 0.6) is 0 Å². The van der Waals surface area contributed by atoms with Crippen LogP contribution in [0.4, 0.5) is 24.0 Å². The number of hydrogen-bond donors (Lipinski definition) is 2. The summed E-state index contributed by atoms with van der Waals surface area (Å²) in [6, 6.07) is 0. The molecule has 0 saturated heterocycles. The molecule has 2 N–H and O–H groups in total. The van der Waals surface area contributed by atoms with E-state index < -0.39 is 51.9 Å². The summed E-state index contributed by atoms with van der Waals surface area (Å²) in [7, 11) is 5.02. The summed E-state index contributed by atoms with van der Waals surface area (Å²) in [5.41, 5.74) is -3.36. The minimum absolute atomic E-state index is 0.0166. The second-order valence-electron chi connectivity index (χ2n) is 25.7. The lowest BCUT2D eigenvalue weighted by Crippen LogP contribution is -2.44. The van der Waals surface area contributed by atoms with Gasteiger partial charge in [0.15, 0.2) is 12.8 Å². The number of hydrogen-bond acceptors (Lipinski definition) is 18. The Kier molecular flexibility index (Phi) is 23.3. The van der Waals surface area contributed by atoms with Crippen LogP contribution in [0.3, 0.4) is 0 Å². The van der Waals surface area contributed by atoms with Gasteiger partial charge >= 0.3 is 30.6 Å². The number of carbonyl (C=O) groups excluding carboxylic acids is 6. The van der Waals surface area contributed by atoms with Crippen molar-refractivity contribution in [1.82, 2.24) is 24.7 Å². The van der Waals surface area contributed by atoms with Crippen LogP contribution in [0.2, 0.25) is 0 Å². The highest BCUT2D eigenvalue weighted by atomic mass is 16.8. The van der Waals surface area contributed by atoms with E-state index in [2.05, 4.69) is 28.6 Å². The molecular weight excluding hydrogens is 999 g/mol. The van der Waals surface area contributed by atoms with Crippen LogP contribution in [0.1, 0.15) is 206 Å². The number of likely N-dealkylation sites (N-methyl/N-ethyl adjacent to an activating group) is 2. The van der Waals surface area contributed by atoms with Crippen LogP contribution in [-0.2, 0) is 44.2 Å². The molecule has 0 bridgehead atoms. The van der Waals surface area contributed by atoms with E-state index in [0.717, 1.165) is 62.8 Å². The van der Waals surface area contributed by atoms with E-state index in [4.69, 9.17) is 42.7 Å². The lowest BCUT2D eigenvalue weighted by Gasteiger charge is -2.29. The summed E-state index contributed by atoms with van der Waals surface area (Å²) < 4.78 is 40.1. The summed E-state index contributed by atoms with van der Waals surface area (Å²) in [5, 5.41) is 17.8. The number of nitrogens with zero attached hydrogens (tertiary/aromatic N) is 5. The number of oxazole rings is 2. The van der Waals surface area contributed by atoms with E-state index in [1.807, 2.05) is 47.7 Å². The zero-order chi connectivity index (χ0) is 59.3. The molecule has 0 aromatic carbocycles. The third-order valence-electron chi connectivity index (χ3n) is 13.2. The van der Waals surface area contributed by atoms with Gasteiger partial charge in [0, 0.05) is 33.2 Å². The lowest BCUT2D eigenvalue weighted by atomic mass is 10.0. The Morgan fingerprint density at radius 1 is 0.532 bits per heavy atom. The molecule has 3 amide bonds. The lowest BCUT2D eigenvalue weighted by molar-refractivity contribution is -0.113. The molecule has 77 heavy (non-hydrogen) atoms. The molecule has 7 rings (SSSR count). The van der Waals surface area contributed by atoms with Crippen LogP contribution < -0.4 is 0 Å². The Bertz CT molecular complexity index is 2140. The molecule has 0 radical (unpaired) electrons. The number of aldehydes is 1. The molecule has 0 unspecified atom stereocenters. The number of aliphatic hydroxyl groups excluding tert-OH is 2. The smallest absolute Gasteiger partial charge is 0.448 e. The maximum atomic E-state index is 12.0. The second kappa shape index (κ2) is 26.5. The molecule has 5 aliphatic rings. The Hall–Kier alpha value is -5.44. The van der Waals surface area contributed by atoms with E-state index in [0.29, 0.717) is 17.4 Å². The Balaban J connectivity index is 0.000000321. The minimum Gasteiger partial charge on any atom is -0.448 e. The van der Waals surface area contributed by atoms with Gasteiger partial charge in [-0.2, -0.15) is 0 Å². The highest BCUT2D eigenvalue weighted by Crippen LogP contribution is 2.52. The van der Waals surface area contributed by atoms with E-state index in [1.165, 1.54) is 54.7 Å². The van der Waals surface area contributed by atoms with Gasteiger partial charge in [0.05, 0.1) is 24.5 Å². The summed E-state index contributed by atoms with van der Waals surface area (Å²) in [5.74, 6) is 1.81. The van der Waals surface area contributed by atoms with Crippen molar-refractivity contribution in [1.29, 1.82) is 0 Å². The average molecular weight is 1090 g/mol. The quantitative estimate of drug-likeness (QED) is 0.0969. The first kappa shape index (κ1) is 67.7. The van der Waals surface area contributed by atoms with Crippen molar-refractivity contribution in [2.75, 3.05) is 34.4 Å². The van der Waals surface area contributed by atoms with Crippen LogP contribution in [-0.4, -0.2) is 145 Å². The molecule has 2 heterocycles. The fourth-order valence-electron chi connectivity index (χ4n) is 7.07. The molecule has 5 aliphatic carbocycles. The standard InChI is InChI=1S/C12H18N2O3.C10H19NO3.C10H17NO3.C10H18O5.C8H11NO.C6H12O/c1-11(2,3)17-10(15)14(4)12(5-6-12)9-7-13-8-16-9;2*1-9(2,3)14-8(13)11(4)10(7-12)5-6-10;1-9(2,3)14-7(11)13-8(12)15-10(4,5)6;1-2-8(3-4-8)7-5-9-6-10-7;1-2-6(5-7)3-4-6/h7-8H,5-6H2,1-4H3;12H,5-7H2,1-4H3;7H,5-6H2,1-4H3;1-6H3;5-6H,2-4H2,1H3;7H,2-5H2,1H3. The van der Waals surface area contributed by atoms with Gasteiger partial charge in [0.2, 0.25) is 0 Å². The van der Waals surface area contributed by atoms with Crippen LogP contribution >= 0.6 is 0 Å². The predicted octanol–water partition coefficient (Wildman–Crippen LogP) is 11.7. The first-order valence-electron chi connectivity index (χ1n) is 26.7. The number of aliphatic hydroxyl groups is 2. The van der Waals surface area contributed by atoms with Gasteiger partial charge in [-0.05, 0) is 186 Å². The Labute approximate surface area is 457 Å². The van der Waals surface area contributed by atoms with E-state index in [-0.39, 0.29) is 29.9 Å². The molecule has 2 aromatic heterocycles. The predicted molar refractivity (Wildman–Crippen MR) is 287 cm³/mol. The SMILES string of the molecule is CC(C)(C)OC(=O)OC(=O)OC(C)(C)C.CCC1(CO)CC1.CCC1(c2cnco2)CC1.CN(C(=O)OC(C)(C)C)C1(C=O)CC1.CN(C(=O)OC(C)(C)C)C1(CO)CC1.CN(C(=O)OC(C)(C)C)C1(c2cnco2)CC1. The zero-order valence-electron chi connectivity index (χ0n) is 50.1. The van der Waals surface area contributed by atoms with Crippen molar-refractivity contribution in [3.8, 4) is 0 Å². The largest absolute Gasteiger partial charge is 0.519 e. The van der Waals surface area contributed by atoms with Crippen LogP contribution in [0.25, 0.3) is 0 Å². The third kappa shape index (κ3) is 23.2. The summed E-state index contributed by atoms with van der Waals surface area (Å²) in [6.45, 7) is 31.3. The molecule has 5 fully saturated rings. The van der Waals surface area contributed by atoms with Gasteiger partial charge in [0.25, 0.3) is 0 Å². The summed E-state index contributed by atoms with van der Waals surface area (Å²) in [4.78, 5) is 80.2. The van der Waals surface area contributed by atoms with Gasteiger partial charge < -0.3 is 57.2 Å². The monoisotopic (exact) mass is 1090 g/mol. The minimum atomic E-state index is -1.06. The molecule has 0 atom stereocenters. The number of rotatable bonds is 10. The molecule has 21 nitrogen and oxygen atoms in total. The van der Waals surface area contributed by atoms with Gasteiger partial charge in [-0.3, -0.25) is 9.80 Å². The number of amides is 3. The van der Waals surface area contributed by atoms with Gasteiger partial charge in [-0.15, -0.1) is 0 Å². The molecule has 440 valence electrons. The van der Waals surface area contributed by atoms with E-state index in [1.54, 1.807) is 94.6 Å². The van der Waals surface area contributed by atoms with Gasteiger partial charge in [0.1, 0.15) is 56.9 Å². The van der Waals surface area contributed by atoms with Crippen LogP contribution in [0.15, 0.2) is 34.0 Å². The fourth-order valence-corrected chi connectivity index (χ4v) is 7.07. The summed E-state index contributed by atoms with van der Waals surface area (Å²) >= 11 is 0. The highest BCUT2D eigenvalue weighted by Gasteiger charge is 2.54. The van der Waals surface area contributed by atoms with Crippen molar-refractivity contribution < 1.29 is 76.2 Å². The normalized spacial score (nSPS) is 18.0. The van der Waals surface area contributed by atoms with E-state index in [9.17, 15) is 28.8 Å². The molecule has 21 heteroatoms. The van der Waals surface area contributed by atoms with Crippen molar-refractivity contribution in [3.63, 3.8) is 0 Å². The maximum Gasteiger partial charge on any atom is 0.519 e. The molecule has 2 aromatic rings. The highest BCUT2D eigenvalue weighted by molar-refractivity contribution is 5.79. The van der Waals surface area contributed by atoms with Crippen molar-refractivity contribution in [2.45, 2.75) is 245 Å². The zero-order valence-corrected chi connectivity index (χ0v) is 50.1. The molecule has 5 saturated carbocycles. The first-order valence-corrected chi connectivity index (χ1v) is 26.7. The van der Waals surface area contributed by atoms with Crippen molar-refractivity contribution >= 4 is 36.9 Å². The number of ether oxygens (including phenoxy) is 6. The first-order chi connectivity index (χ1) is 35.2. The molecular formula is C56H95N5O16. The Morgan fingerprint density at radius 3 is 1.17 bits per heavy atom. The molecule has 0 spiro atoms. The Morgan fingerprint density at radius 2 is 0.922 bits per heavy atom. The van der Waals surface area contributed by atoms with Crippen LogP contribution in [0, 0.1) is 5.41 Å². The van der Waals surface area contributed by atoms with Gasteiger partial charge in [-0.1, -0.05) is 13.8 Å².